The first-order valence-corrected chi connectivity index (χ1v) is 10.0. The Morgan fingerprint density at radius 2 is 1.59 bits per heavy atom. The lowest BCUT2D eigenvalue weighted by Crippen LogP contribution is -2.50. The number of carbonyl (C=O) groups excluding carboxylic acids is 2. The van der Waals surface area contributed by atoms with Crippen molar-refractivity contribution in [1.29, 1.82) is 0 Å². The van der Waals surface area contributed by atoms with Crippen LogP contribution in [0.15, 0.2) is 54.6 Å². The monoisotopic (exact) mass is 397 g/mol. The van der Waals surface area contributed by atoms with E-state index in [9.17, 15) is 9.59 Å². The van der Waals surface area contributed by atoms with Crippen molar-refractivity contribution >= 4 is 11.9 Å². The molecule has 3 N–H and O–H groups in total. The van der Waals surface area contributed by atoms with E-state index in [4.69, 9.17) is 4.74 Å². The molecule has 6 heteroatoms. The number of amides is 3. The Kier molecular flexibility index (Phi) is 8.07. The van der Waals surface area contributed by atoms with Gasteiger partial charge in [-0.15, -0.1) is 0 Å². The van der Waals surface area contributed by atoms with Crippen molar-refractivity contribution in [2.24, 2.45) is 0 Å². The normalized spacial score (nSPS) is 12.0. The van der Waals surface area contributed by atoms with Gasteiger partial charge in [0.05, 0.1) is 0 Å². The molecule has 0 saturated heterocycles. The van der Waals surface area contributed by atoms with Gasteiger partial charge in [0, 0.05) is 12.0 Å². The number of rotatable bonds is 8. The molecule has 2 aromatic carbocycles. The van der Waals surface area contributed by atoms with Gasteiger partial charge in [-0.25, -0.2) is 10.2 Å². The molecule has 0 spiro atoms. The average molecular weight is 398 g/mol. The second-order valence-electron chi connectivity index (χ2n) is 7.50. The van der Waals surface area contributed by atoms with Crippen molar-refractivity contribution in [3.63, 3.8) is 0 Å². The Balaban J connectivity index is 1.88. The van der Waals surface area contributed by atoms with E-state index in [1.807, 2.05) is 49.4 Å². The lowest BCUT2D eigenvalue weighted by atomic mass is 9.78. The molecule has 0 saturated carbocycles. The standard InChI is InChI=1S/C23H31N3O3/c1-5-6-16-24-22(28)26-25-21(27)17(2)29-20-14-12-19(13-15-20)23(3,4)18-10-8-7-9-11-18/h7-15,17H,5-6,16H2,1-4H3,(H,25,27)(H2,24,26,28). The number of hydrazine groups is 1. The summed E-state index contributed by atoms with van der Waals surface area (Å²) in [6.45, 7) is 8.58. The SMILES string of the molecule is CCCCNC(=O)NNC(=O)C(C)Oc1ccc(C(C)(C)c2ccccc2)cc1. The van der Waals surface area contributed by atoms with Gasteiger partial charge in [0.15, 0.2) is 6.10 Å². The average Bonchev–Trinajstić information content (AvgIpc) is 2.73. The van der Waals surface area contributed by atoms with Gasteiger partial charge in [-0.2, -0.15) is 0 Å². The fourth-order valence-electron chi connectivity index (χ4n) is 2.87. The number of hydrogen-bond donors (Lipinski definition) is 3. The van der Waals surface area contributed by atoms with Gasteiger partial charge in [0.1, 0.15) is 5.75 Å². The summed E-state index contributed by atoms with van der Waals surface area (Å²) in [5.74, 6) is 0.164. The first-order chi connectivity index (χ1) is 13.8. The highest BCUT2D eigenvalue weighted by Crippen LogP contribution is 2.32. The molecule has 2 rings (SSSR count). The minimum Gasteiger partial charge on any atom is -0.481 e. The first-order valence-electron chi connectivity index (χ1n) is 10.0. The molecule has 0 aliphatic rings. The van der Waals surface area contributed by atoms with E-state index < -0.39 is 18.0 Å². The fourth-order valence-corrected chi connectivity index (χ4v) is 2.87. The molecular weight excluding hydrogens is 366 g/mol. The zero-order valence-corrected chi connectivity index (χ0v) is 17.6. The first kappa shape index (κ1) is 22.3. The highest BCUT2D eigenvalue weighted by atomic mass is 16.5. The van der Waals surface area contributed by atoms with Crippen LogP contribution in [0.4, 0.5) is 4.79 Å². The minimum atomic E-state index is -0.751. The maximum atomic E-state index is 12.1. The lowest BCUT2D eigenvalue weighted by molar-refractivity contribution is -0.128. The van der Waals surface area contributed by atoms with Crippen molar-refractivity contribution in [1.82, 2.24) is 16.2 Å². The Morgan fingerprint density at radius 1 is 0.966 bits per heavy atom. The molecule has 0 heterocycles. The van der Waals surface area contributed by atoms with Crippen LogP contribution in [0.1, 0.15) is 51.7 Å². The van der Waals surface area contributed by atoms with E-state index in [2.05, 4.69) is 42.1 Å². The van der Waals surface area contributed by atoms with Gasteiger partial charge >= 0.3 is 6.03 Å². The molecule has 29 heavy (non-hydrogen) atoms. The number of hydrogen-bond acceptors (Lipinski definition) is 3. The Hall–Kier alpha value is -3.02. The molecule has 1 atom stereocenters. The van der Waals surface area contributed by atoms with Gasteiger partial charge in [0.25, 0.3) is 5.91 Å². The number of nitrogens with one attached hydrogen (secondary N) is 3. The molecule has 0 radical (unpaired) electrons. The summed E-state index contributed by atoms with van der Waals surface area (Å²) in [5, 5.41) is 2.66. The third kappa shape index (κ3) is 6.52. The summed E-state index contributed by atoms with van der Waals surface area (Å²) in [6, 6.07) is 17.6. The highest BCUT2D eigenvalue weighted by molar-refractivity contribution is 5.84. The number of unbranched alkanes of at least 4 members (excludes halogenated alkanes) is 1. The van der Waals surface area contributed by atoms with Crippen LogP contribution >= 0.6 is 0 Å². The number of carbonyl (C=O) groups is 2. The molecule has 156 valence electrons. The minimum absolute atomic E-state index is 0.141. The molecular formula is C23H31N3O3. The molecule has 0 bridgehead atoms. The lowest BCUT2D eigenvalue weighted by Gasteiger charge is -2.26. The third-order valence-corrected chi connectivity index (χ3v) is 4.87. The molecule has 2 aromatic rings. The number of benzene rings is 2. The van der Waals surface area contributed by atoms with Crippen LogP contribution in [-0.2, 0) is 10.2 Å². The molecule has 0 aliphatic carbocycles. The van der Waals surface area contributed by atoms with Gasteiger partial charge < -0.3 is 10.1 Å². The van der Waals surface area contributed by atoms with Gasteiger partial charge in [-0.05, 0) is 36.6 Å². The van der Waals surface area contributed by atoms with Gasteiger partial charge in [0.2, 0.25) is 0 Å². The van der Waals surface area contributed by atoms with Crippen LogP contribution in [0.5, 0.6) is 5.75 Å². The smallest absolute Gasteiger partial charge is 0.333 e. The Labute approximate surface area is 173 Å². The Bertz CT molecular complexity index is 789. The maximum Gasteiger partial charge on any atom is 0.333 e. The summed E-state index contributed by atoms with van der Waals surface area (Å²) >= 11 is 0. The molecule has 1 unspecified atom stereocenters. The summed E-state index contributed by atoms with van der Waals surface area (Å²) in [7, 11) is 0. The van der Waals surface area contributed by atoms with E-state index in [1.165, 1.54) is 5.56 Å². The van der Waals surface area contributed by atoms with Gasteiger partial charge in [-0.3, -0.25) is 10.2 Å². The fraction of sp³-hybridized carbons (Fsp3) is 0.391. The van der Waals surface area contributed by atoms with Crippen LogP contribution in [0.3, 0.4) is 0 Å². The van der Waals surface area contributed by atoms with Crippen molar-refractivity contribution in [2.45, 2.75) is 52.1 Å². The van der Waals surface area contributed by atoms with E-state index in [0.717, 1.165) is 18.4 Å². The number of urea groups is 1. The third-order valence-electron chi connectivity index (χ3n) is 4.87. The van der Waals surface area contributed by atoms with Crippen LogP contribution < -0.4 is 20.9 Å². The summed E-state index contributed by atoms with van der Waals surface area (Å²) < 4.78 is 5.70. The molecule has 0 aliphatic heterocycles. The zero-order valence-electron chi connectivity index (χ0n) is 17.6. The number of ether oxygens (including phenoxy) is 1. The van der Waals surface area contributed by atoms with Crippen molar-refractivity contribution in [2.75, 3.05) is 6.54 Å². The second kappa shape index (κ2) is 10.5. The van der Waals surface area contributed by atoms with E-state index in [0.29, 0.717) is 12.3 Å². The van der Waals surface area contributed by atoms with Crippen LogP contribution in [0, 0.1) is 0 Å². The Morgan fingerprint density at radius 3 is 2.21 bits per heavy atom. The van der Waals surface area contributed by atoms with Crippen LogP contribution in [0.25, 0.3) is 0 Å². The van der Waals surface area contributed by atoms with Crippen LogP contribution in [0.2, 0.25) is 0 Å². The van der Waals surface area contributed by atoms with Crippen LogP contribution in [-0.4, -0.2) is 24.6 Å². The largest absolute Gasteiger partial charge is 0.481 e. The second-order valence-corrected chi connectivity index (χ2v) is 7.50. The highest BCUT2D eigenvalue weighted by Gasteiger charge is 2.23. The van der Waals surface area contributed by atoms with Crippen molar-refractivity contribution < 1.29 is 14.3 Å². The maximum absolute atomic E-state index is 12.1. The molecule has 0 fully saturated rings. The van der Waals surface area contributed by atoms with E-state index >= 15 is 0 Å². The van der Waals surface area contributed by atoms with Crippen molar-refractivity contribution in [3.8, 4) is 5.75 Å². The van der Waals surface area contributed by atoms with Gasteiger partial charge in [-0.1, -0.05) is 69.7 Å². The van der Waals surface area contributed by atoms with Crippen molar-refractivity contribution in [3.05, 3.63) is 65.7 Å². The zero-order chi connectivity index (χ0) is 21.3. The molecule has 6 nitrogen and oxygen atoms in total. The quantitative estimate of drug-likeness (QED) is 0.467. The summed E-state index contributed by atoms with van der Waals surface area (Å²) in [6.07, 6.45) is 1.12. The summed E-state index contributed by atoms with van der Waals surface area (Å²) in [4.78, 5) is 23.7. The molecule has 0 aromatic heterocycles. The predicted molar refractivity (Wildman–Crippen MR) is 115 cm³/mol. The summed E-state index contributed by atoms with van der Waals surface area (Å²) in [5.41, 5.74) is 6.92. The topological polar surface area (TPSA) is 79.5 Å². The van der Waals surface area contributed by atoms with E-state index in [-0.39, 0.29) is 5.41 Å². The molecule has 3 amide bonds. The predicted octanol–water partition coefficient (Wildman–Crippen LogP) is 3.91. The van der Waals surface area contributed by atoms with E-state index in [1.54, 1.807) is 6.92 Å².